The van der Waals surface area contributed by atoms with E-state index in [2.05, 4.69) is 5.32 Å². The number of alkyl halides is 3. The molecule has 1 aromatic rings. The summed E-state index contributed by atoms with van der Waals surface area (Å²) in [6, 6.07) is 4.24. The second kappa shape index (κ2) is 7.84. The Kier molecular flexibility index (Phi) is 6.02. The summed E-state index contributed by atoms with van der Waals surface area (Å²) in [6.07, 6.45) is -4.13. The quantitative estimate of drug-likeness (QED) is 0.868. The summed E-state index contributed by atoms with van der Waals surface area (Å²) in [4.78, 5) is 15.6. The third-order valence-corrected chi connectivity index (χ3v) is 4.61. The molecule has 1 aliphatic rings. The molecule has 2 unspecified atom stereocenters. The molecule has 25 heavy (non-hydrogen) atoms. The first-order valence-electron chi connectivity index (χ1n) is 8.38. The number of aromatic hydroxyl groups is 1. The van der Waals surface area contributed by atoms with Gasteiger partial charge in [-0.2, -0.15) is 13.2 Å². The van der Waals surface area contributed by atoms with Crippen molar-refractivity contribution in [2.45, 2.75) is 32.5 Å². The molecule has 8 heteroatoms. The van der Waals surface area contributed by atoms with Crippen LogP contribution < -0.4 is 10.2 Å². The minimum absolute atomic E-state index is 0.152. The van der Waals surface area contributed by atoms with E-state index in [1.165, 1.54) is 11.8 Å². The number of phenolic OH excluding ortho intramolecular Hbond substituents is 1. The molecule has 2 rings (SSSR count). The molecular weight excluding hydrogens is 335 g/mol. The van der Waals surface area contributed by atoms with Crippen LogP contribution in [0.4, 0.5) is 23.7 Å². The third-order valence-electron chi connectivity index (χ3n) is 4.61. The monoisotopic (exact) mass is 359 g/mol. The number of amides is 2. The van der Waals surface area contributed by atoms with Crippen molar-refractivity contribution in [1.82, 2.24) is 10.2 Å². The Morgan fingerprint density at radius 1 is 1.28 bits per heavy atom. The van der Waals surface area contributed by atoms with Gasteiger partial charge in [0.05, 0.1) is 0 Å². The topological polar surface area (TPSA) is 55.8 Å². The number of halogens is 3. The average Bonchev–Trinajstić information content (AvgIpc) is 2.58. The third kappa shape index (κ3) is 4.93. The maximum atomic E-state index is 13.1. The van der Waals surface area contributed by atoms with Gasteiger partial charge in [0.2, 0.25) is 0 Å². The molecule has 0 saturated carbocycles. The molecule has 2 amide bonds. The highest BCUT2D eigenvalue weighted by atomic mass is 19.4. The Morgan fingerprint density at radius 3 is 2.44 bits per heavy atom. The molecule has 0 spiro atoms. The molecular formula is C17H24F3N3O2. The van der Waals surface area contributed by atoms with E-state index >= 15 is 0 Å². The van der Waals surface area contributed by atoms with Crippen LogP contribution in [0.2, 0.25) is 0 Å². The number of urea groups is 1. The van der Waals surface area contributed by atoms with Crippen LogP contribution in [-0.2, 0) is 0 Å². The van der Waals surface area contributed by atoms with Crippen molar-refractivity contribution >= 4 is 11.7 Å². The first-order valence-corrected chi connectivity index (χ1v) is 8.38. The summed E-state index contributed by atoms with van der Waals surface area (Å²) in [5, 5.41) is 11.7. The molecule has 0 aromatic heterocycles. The normalized spacial score (nSPS) is 18.0. The number of phenols is 1. The molecule has 2 atom stereocenters. The van der Waals surface area contributed by atoms with Crippen molar-refractivity contribution in [2.75, 3.05) is 31.1 Å². The van der Waals surface area contributed by atoms with E-state index in [1.807, 2.05) is 11.0 Å². The van der Waals surface area contributed by atoms with Gasteiger partial charge < -0.3 is 20.2 Å². The Hall–Kier alpha value is -2.12. The second-order valence-corrected chi connectivity index (χ2v) is 6.35. The van der Waals surface area contributed by atoms with E-state index in [4.69, 9.17) is 0 Å². The highest BCUT2D eigenvalue weighted by molar-refractivity contribution is 5.75. The summed E-state index contributed by atoms with van der Waals surface area (Å²) in [6.45, 7) is 4.80. The number of nitrogens with zero attached hydrogens (tertiary/aromatic N) is 2. The van der Waals surface area contributed by atoms with Gasteiger partial charge in [0.25, 0.3) is 0 Å². The number of benzene rings is 1. The van der Waals surface area contributed by atoms with Gasteiger partial charge in [0.1, 0.15) is 11.8 Å². The van der Waals surface area contributed by atoms with Crippen molar-refractivity contribution in [3.63, 3.8) is 0 Å². The molecule has 1 saturated heterocycles. The summed E-state index contributed by atoms with van der Waals surface area (Å²) in [7, 11) is 0. The fraction of sp³-hybridized carbons (Fsp3) is 0.588. The maximum absolute atomic E-state index is 13.1. The molecule has 0 aliphatic carbocycles. The van der Waals surface area contributed by atoms with Gasteiger partial charge in [-0.25, -0.2) is 4.79 Å². The lowest BCUT2D eigenvalue weighted by molar-refractivity contribution is -0.164. The zero-order valence-corrected chi connectivity index (χ0v) is 14.4. The van der Waals surface area contributed by atoms with Gasteiger partial charge in [-0.3, -0.25) is 0 Å². The van der Waals surface area contributed by atoms with Crippen molar-refractivity contribution in [3.8, 4) is 5.75 Å². The van der Waals surface area contributed by atoms with Gasteiger partial charge in [0, 0.05) is 37.9 Å². The minimum Gasteiger partial charge on any atom is -0.508 e. The minimum atomic E-state index is -4.46. The Labute approximate surface area is 145 Å². The number of piperazine rings is 1. The smallest absolute Gasteiger partial charge is 0.408 e. The predicted molar refractivity (Wildman–Crippen MR) is 89.7 cm³/mol. The summed E-state index contributed by atoms with van der Waals surface area (Å²) in [5.41, 5.74) is 0.827. The van der Waals surface area contributed by atoms with Crippen LogP contribution in [-0.4, -0.2) is 54.4 Å². The Bertz CT molecular complexity index is 587. The average molecular weight is 359 g/mol. The van der Waals surface area contributed by atoms with Gasteiger partial charge in [0.15, 0.2) is 0 Å². The second-order valence-electron chi connectivity index (χ2n) is 6.35. The number of anilines is 1. The van der Waals surface area contributed by atoms with Crippen molar-refractivity contribution in [1.29, 1.82) is 0 Å². The van der Waals surface area contributed by atoms with Crippen LogP contribution in [0.15, 0.2) is 24.3 Å². The van der Waals surface area contributed by atoms with E-state index in [9.17, 15) is 23.1 Å². The van der Waals surface area contributed by atoms with Crippen LogP contribution >= 0.6 is 0 Å². The van der Waals surface area contributed by atoms with E-state index in [1.54, 1.807) is 25.1 Å². The van der Waals surface area contributed by atoms with E-state index in [0.717, 1.165) is 5.69 Å². The molecule has 0 radical (unpaired) electrons. The van der Waals surface area contributed by atoms with E-state index in [0.29, 0.717) is 32.6 Å². The number of carbonyl (C=O) groups excluding carboxylic acids is 1. The molecule has 1 heterocycles. The van der Waals surface area contributed by atoms with E-state index < -0.39 is 24.2 Å². The van der Waals surface area contributed by atoms with Gasteiger partial charge in [-0.1, -0.05) is 26.3 Å². The first kappa shape index (κ1) is 19.2. The fourth-order valence-corrected chi connectivity index (χ4v) is 2.86. The zero-order valence-electron chi connectivity index (χ0n) is 14.4. The van der Waals surface area contributed by atoms with Crippen LogP contribution in [0.25, 0.3) is 0 Å². The first-order chi connectivity index (χ1) is 11.7. The van der Waals surface area contributed by atoms with Crippen molar-refractivity contribution in [3.05, 3.63) is 24.3 Å². The maximum Gasteiger partial charge on any atom is 0.408 e. The molecule has 1 aliphatic heterocycles. The summed E-state index contributed by atoms with van der Waals surface area (Å²) < 4.78 is 39.4. The standard InChI is InChI=1S/C17H24F3N3O2/c1-3-12(2)15(17(18,19)20)21-16(25)23-9-7-22(8-10-23)13-5-4-6-14(24)11-13/h4-6,11-12,15,24H,3,7-10H2,1-2H3,(H,21,25). The SMILES string of the molecule is CCC(C)C(NC(=O)N1CCN(c2cccc(O)c2)CC1)C(F)(F)F. The molecule has 140 valence electrons. The summed E-state index contributed by atoms with van der Waals surface area (Å²) >= 11 is 0. The number of rotatable bonds is 4. The fourth-order valence-electron chi connectivity index (χ4n) is 2.86. The molecule has 2 N–H and O–H groups in total. The summed E-state index contributed by atoms with van der Waals surface area (Å²) in [5.74, 6) is -0.531. The number of hydrogen-bond donors (Lipinski definition) is 2. The van der Waals surface area contributed by atoms with Gasteiger partial charge >= 0.3 is 12.2 Å². The van der Waals surface area contributed by atoms with Crippen molar-refractivity contribution in [2.24, 2.45) is 5.92 Å². The van der Waals surface area contributed by atoms with Crippen LogP contribution in [0, 0.1) is 5.92 Å². The Morgan fingerprint density at radius 2 is 1.92 bits per heavy atom. The van der Waals surface area contributed by atoms with Crippen LogP contribution in [0.3, 0.4) is 0 Å². The van der Waals surface area contributed by atoms with Crippen LogP contribution in [0.5, 0.6) is 5.75 Å². The Balaban J connectivity index is 1.94. The molecule has 1 fully saturated rings. The largest absolute Gasteiger partial charge is 0.508 e. The highest BCUT2D eigenvalue weighted by Crippen LogP contribution is 2.27. The lowest BCUT2D eigenvalue weighted by atomic mass is 9.99. The number of nitrogens with one attached hydrogen (secondary N) is 1. The predicted octanol–water partition coefficient (Wildman–Crippen LogP) is 3.20. The van der Waals surface area contributed by atoms with Crippen LogP contribution in [0.1, 0.15) is 20.3 Å². The number of hydrogen-bond acceptors (Lipinski definition) is 3. The number of carbonyl (C=O) groups is 1. The van der Waals surface area contributed by atoms with Gasteiger partial charge in [-0.05, 0) is 18.1 Å². The molecule has 5 nitrogen and oxygen atoms in total. The zero-order chi connectivity index (χ0) is 18.6. The molecule has 1 aromatic carbocycles. The molecule has 0 bridgehead atoms. The van der Waals surface area contributed by atoms with Crippen molar-refractivity contribution < 1.29 is 23.1 Å². The highest BCUT2D eigenvalue weighted by Gasteiger charge is 2.44. The van der Waals surface area contributed by atoms with E-state index in [-0.39, 0.29) is 5.75 Å². The van der Waals surface area contributed by atoms with Gasteiger partial charge in [-0.15, -0.1) is 0 Å². The lowest BCUT2D eigenvalue weighted by Crippen LogP contribution is -2.57. The lowest BCUT2D eigenvalue weighted by Gasteiger charge is -2.37.